The van der Waals surface area contributed by atoms with Crippen LogP contribution < -0.4 is 11.1 Å². The highest BCUT2D eigenvalue weighted by atomic mass is 79.9. The number of carbonyl (C=O) groups is 1. The van der Waals surface area contributed by atoms with Crippen molar-refractivity contribution in [2.24, 2.45) is 5.92 Å². The first-order valence-electron chi connectivity index (χ1n) is 6.06. The summed E-state index contributed by atoms with van der Waals surface area (Å²) in [6, 6.07) is 0. The molecule has 0 saturated carbocycles. The number of hydrogen-bond donors (Lipinski definition) is 3. The van der Waals surface area contributed by atoms with E-state index in [1.807, 2.05) is 0 Å². The van der Waals surface area contributed by atoms with Crippen LogP contribution in [-0.4, -0.2) is 45.7 Å². The number of anilines is 2. The van der Waals surface area contributed by atoms with Gasteiger partial charge in [0.1, 0.15) is 4.60 Å². The zero-order valence-corrected chi connectivity index (χ0v) is 11.9. The van der Waals surface area contributed by atoms with Gasteiger partial charge in [0.15, 0.2) is 11.6 Å². The van der Waals surface area contributed by atoms with Crippen LogP contribution in [0.25, 0.3) is 0 Å². The van der Waals surface area contributed by atoms with Crippen LogP contribution in [0.3, 0.4) is 0 Å². The van der Waals surface area contributed by atoms with Gasteiger partial charge in [-0.25, -0.2) is 14.8 Å². The Labute approximate surface area is 119 Å². The molecular weight excluding hydrogens is 314 g/mol. The molecular formula is C11H16BrN5O2. The van der Waals surface area contributed by atoms with Gasteiger partial charge < -0.3 is 21.1 Å². The van der Waals surface area contributed by atoms with E-state index in [0.29, 0.717) is 35.9 Å². The lowest BCUT2D eigenvalue weighted by Gasteiger charge is -2.30. The Balaban J connectivity index is 1.91. The van der Waals surface area contributed by atoms with Crippen LogP contribution in [0.2, 0.25) is 0 Å². The molecule has 0 bridgehead atoms. The molecule has 1 aliphatic heterocycles. The molecule has 0 radical (unpaired) electrons. The van der Waals surface area contributed by atoms with Crippen molar-refractivity contribution < 1.29 is 9.90 Å². The Bertz CT molecular complexity index is 470. The van der Waals surface area contributed by atoms with Gasteiger partial charge in [0.25, 0.3) is 0 Å². The number of amides is 1. The van der Waals surface area contributed by atoms with Crippen molar-refractivity contribution in [1.82, 2.24) is 14.9 Å². The van der Waals surface area contributed by atoms with Gasteiger partial charge in [0, 0.05) is 19.6 Å². The van der Waals surface area contributed by atoms with Crippen molar-refractivity contribution >= 4 is 33.7 Å². The molecule has 104 valence electrons. The smallest absolute Gasteiger partial charge is 0.407 e. The van der Waals surface area contributed by atoms with Crippen molar-refractivity contribution in [1.29, 1.82) is 0 Å². The maximum absolute atomic E-state index is 10.9. The monoisotopic (exact) mass is 329 g/mol. The summed E-state index contributed by atoms with van der Waals surface area (Å²) in [7, 11) is 0. The molecule has 1 atom stereocenters. The number of nitrogens with two attached hydrogens (primary N) is 1. The Hall–Kier alpha value is -1.57. The summed E-state index contributed by atoms with van der Waals surface area (Å²) in [6.07, 6.45) is 2.57. The predicted molar refractivity (Wildman–Crippen MR) is 75.0 cm³/mol. The minimum Gasteiger partial charge on any atom is -0.465 e. The van der Waals surface area contributed by atoms with Crippen molar-refractivity contribution in [3.63, 3.8) is 0 Å². The maximum atomic E-state index is 10.9. The highest BCUT2D eigenvalue weighted by Gasteiger charge is 2.23. The third-order valence-electron chi connectivity index (χ3n) is 3.12. The van der Waals surface area contributed by atoms with E-state index in [1.165, 1.54) is 11.1 Å². The molecule has 0 spiro atoms. The van der Waals surface area contributed by atoms with Gasteiger partial charge in [0.05, 0.1) is 6.20 Å². The highest BCUT2D eigenvalue weighted by Crippen LogP contribution is 2.20. The van der Waals surface area contributed by atoms with Crippen LogP contribution in [-0.2, 0) is 0 Å². The quantitative estimate of drug-likeness (QED) is 0.778. The van der Waals surface area contributed by atoms with Crippen molar-refractivity contribution in [3.8, 4) is 0 Å². The van der Waals surface area contributed by atoms with E-state index in [9.17, 15) is 4.79 Å². The Morgan fingerprint density at radius 1 is 1.68 bits per heavy atom. The van der Waals surface area contributed by atoms with Gasteiger partial charge in [-0.05, 0) is 34.7 Å². The van der Waals surface area contributed by atoms with E-state index in [-0.39, 0.29) is 5.92 Å². The normalized spacial score (nSPS) is 19.2. The minimum absolute atomic E-state index is 0.269. The molecule has 1 fully saturated rings. The van der Waals surface area contributed by atoms with Gasteiger partial charge >= 0.3 is 6.09 Å². The lowest BCUT2D eigenvalue weighted by molar-refractivity contribution is 0.122. The number of nitrogen functional groups attached to an aromatic ring is 1. The Morgan fingerprint density at radius 2 is 2.47 bits per heavy atom. The fourth-order valence-corrected chi connectivity index (χ4v) is 2.43. The molecule has 1 aliphatic rings. The first kappa shape index (κ1) is 13.9. The second-order valence-electron chi connectivity index (χ2n) is 4.54. The molecule has 0 aliphatic carbocycles. The average molecular weight is 330 g/mol. The largest absolute Gasteiger partial charge is 0.465 e. The minimum atomic E-state index is -0.855. The predicted octanol–water partition coefficient (Wildman–Crippen LogP) is 1.62. The lowest BCUT2D eigenvalue weighted by Crippen LogP contribution is -2.41. The number of rotatable bonds is 3. The third-order valence-corrected chi connectivity index (χ3v) is 3.50. The standard InChI is InChI=1S/C11H16BrN5O2/c12-8-5-14-9(13)10(16-8)15-4-7-2-1-3-17(6-7)11(18)19/h5,7H,1-4,6H2,(H2,13,14)(H,15,16)(H,18,19). The molecule has 8 heteroatoms. The number of hydrogen-bond acceptors (Lipinski definition) is 5. The maximum Gasteiger partial charge on any atom is 0.407 e. The van der Waals surface area contributed by atoms with Gasteiger partial charge in [0.2, 0.25) is 0 Å². The summed E-state index contributed by atoms with van der Waals surface area (Å²) in [6.45, 7) is 1.80. The second-order valence-corrected chi connectivity index (χ2v) is 5.36. The highest BCUT2D eigenvalue weighted by molar-refractivity contribution is 9.10. The zero-order valence-electron chi connectivity index (χ0n) is 10.3. The number of nitrogens with one attached hydrogen (secondary N) is 1. The van der Waals surface area contributed by atoms with Crippen LogP contribution in [0, 0.1) is 5.92 Å². The molecule has 4 N–H and O–H groups in total. The summed E-state index contributed by atoms with van der Waals surface area (Å²) < 4.78 is 0.611. The van der Waals surface area contributed by atoms with E-state index in [0.717, 1.165) is 12.8 Å². The fraction of sp³-hybridized carbons (Fsp3) is 0.545. The lowest BCUT2D eigenvalue weighted by atomic mass is 9.98. The molecule has 1 aromatic heterocycles. The molecule has 1 amide bonds. The molecule has 2 heterocycles. The molecule has 1 saturated heterocycles. The van der Waals surface area contributed by atoms with E-state index < -0.39 is 6.09 Å². The van der Waals surface area contributed by atoms with Crippen LogP contribution in [0.15, 0.2) is 10.8 Å². The molecule has 1 aromatic rings. The molecule has 2 rings (SSSR count). The average Bonchev–Trinajstić information content (AvgIpc) is 2.40. The number of aromatic nitrogens is 2. The van der Waals surface area contributed by atoms with Gasteiger partial charge in [-0.3, -0.25) is 0 Å². The van der Waals surface area contributed by atoms with Gasteiger partial charge in [-0.1, -0.05) is 0 Å². The van der Waals surface area contributed by atoms with Gasteiger partial charge in [-0.2, -0.15) is 0 Å². The summed E-state index contributed by atoms with van der Waals surface area (Å²) in [4.78, 5) is 20.6. The topological polar surface area (TPSA) is 104 Å². The van der Waals surface area contributed by atoms with Crippen LogP contribution in [0.1, 0.15) is 12.8 Å². The van der Waals surface area contributed by atoms with Crippen LogP contribution >= 0.6 is 15.9 Å². The van der Waals surface area contributed by atoms with E-state index >= 15 is 0 Å². The van der Waals surface area contributed by atoms with Crippen LogP contribution in [0.4, 0.5) is 16.4 Å². The fourth-order valence-electron chi connectivity index (χ4n) is 2.15. The number of carboxylic acid groups (broad SMARTS) is 1. The number of piperidine rings is 1. The summed E-state index contributed by atoms with van der Waals surface area (Å²) >= 11 is 3.24. The van der Waals surface area contributed by atoms with Crippen molar-refractivity contribution in [3.05, 3.63) is 10.8 Å². The SMILES string of the molecule is Nc1ncc(Br)nc1NCC1CCCN(C(=O)O)C1. The second kappa shape index (κ2) is 6.05. The van der Waals surface area contributed by atoms with E-state index in [1.54, 1.807) is 0 Å². The summed E-state index contributed by atoms with van der Waals surface area (Å²) in [5.41, 5.74) is 5.72. The van der Waals surface area contributed by atoms with Crippen molar-refractivity contribution in [2.75, 3.05) is 30.7 Å². The summed E-state index contributed by atoms with van der Waals surface area (Å²) in [5.74, 6) is 1.14. The molecule has 19 heavy (non-hydrogen) atoms. The summed E-state index contributed by atoms with van der Waals surface area (Å²) in [5, 5.41) is 12.1. The third kappa shape index (κ3) is 3.69. The first-order chi connectivity index (χ1) is 9.06. The van der Waals surface area contributed by atoms with Crippen LogP contribution in [0.5, 0.6) is 0 Å². The van der Waals surface area contributed by atoms with Crippen molar-refractivity contribution in [2.45, 2.75) is 12.8 Å². The molecule has 7 nitrogen and oxygen atoms in total. The first-order valence-corrected chi connectivity index (χ1v) is 6.85. The van der Waals surface area contributed by atoms with Gasteiger partial charge in [-0.15, -0.1) is 0 Å². The number of likely N-dealkylation sites (tertiary alicyclic amines) is 1. The number of halogens is 1. The Morgan fingerprint density at radius 3 is 3.21 bits per heavy atom. The zero-order chi connectivity index (χ0) is 13.8. The van der Waals surface area contributed by atoms with E-state index in [2.05, 4.69) is 31.2 Å². The molecule has 1 unspecified atom stereocenters. The Kier molecular flexibility index (Phi) is 4.41. The number of nitrogens with zero attached hydrogens (tertiary/aromatic N) is 3. The molecule has 0 aromatic carbocycles. The van der Waals surface area contributed by atoms with E-state index in [4.69, 9.17) is 10.8 Å².